The fourth-order valence-corrected chi connectivity index (χ4v) is 1.71. The molecule has 1 nitrogen and oxygen atoms in total. The Kier molecular flexibility index (Phi) is 1.74. The van der Waals surface area contributed by atoms with Crippen molar-refractivity contribution in [3.8, 4) is 0 Å². The molecule has 0 unspecified atom stereocenters. The van der Waals surface area contributed by atoms with E-state index in [2.05, 4.69) is 6.58 Å². The van der Waals surface area contributed by atoms with Gasteiger partial charge in [-0.3, -0.25) is 0 Å². The summed E-state index contributed by atoms with van der Waals surface area (Å²) in [6, 6.07) is 7.95. The molecule has 0 radical (unpaired) electrons. The maximum absolute atomic E-state index is 9.64. The van der Waals surface area contributed by atoms with Crippen molar-refractivity contribution in [3.63, 3.8) is 0 Å². The lowest BCUT2D eigenvalue weighted by Crippen LogP contribution is -2.07. The van der Waals surface area contributed by atoms with Crippen molar-refractivity contribution in [3.05, 3.63) is 42.0 Å². The summed E-state index contributed by atoms with van der Waals surface area (Å²) < 4.78 is 0. The molecule has 1 aliphatic carbocycles. The van der Waals surface area contributed by atoms with Crippen LogP contribution in [-0.4, -0.2) is 5.11 Å². The second-order valence-corrected chi connectivity index (χ2v) is 3.25. The zero-order valence-electron chi connectivity index (χ0n) is 6.96. The van der Waals surface area contributed by atoms with E-state index in [1.165, 1.54) is 0 Å². The van der Waals surface area contributed by atoms with E-state index in [9.17, 15) is 5.11 Å². The molecule has 1 aliphatic rings. The third-order valence-electron chi connectivity index (χ3n) is 2.42. The van der Waals surface area contributed by atoms with Crippen LogP contribution < -0.4 is 0 Å². The predicted octanol–water partition coefficient (Wildman–Crippen LogP) is 2.53. The number of fused-ring (bicyclic) bond motifs is 1. The lowest BCUT2D eigenvalue weighted by molar-refractivity contribution is 0.166. The molecule has 0 heterocycles. The molecule has 0 amide bonds. The number of rotatable bonds is 0. The van der Waals surface area contributed by atoms with Gasteiger partial charge in [0.25, 0.3) is 0 Å². The van der Waals surface area contributed by atoms with E-state index in [0.717, 1.165) is 29.5 Å². The summed E-state index contributed by atoms with van der Waals surface area (Å²) in [5.74, 6) is 0. The number of allylic oxidation sites excluding steroid dienone is 1. The van der Waals surface area contributed by atoms with E-state index in [4.69, 9.17) is 0 Å². The number of hydrogen-bond acceptors (Lipinski definition) is 1. The van der Waals surface area contributed by atoms with Crippen LogP contribution in [-0.2, 0) is 0 Å². The normalized spacial score (nSPS) is 22.1. The Morgan fingerprint density at radius 1 is 1.33 bits per heavy atom. The minimum absolute atomic E-state index is 0.285. The van der Waals surface area contributed by atoms with Crippen molar-refractivity contribution in [1.29, 1.82) is 0 Å². The summed E-state index contributed by atoms with van der Waals surface area (Å²) >= 11 is 0. The van der Waals surface area contributed by atoms with Gasteiger partial charge in [0.15, 0.2) is 0 Å². The van der Waals surface area contributed by atoms with Crippen molar-refractivity contribution in [2.24, 2.45) is 0 Å². The molecule has 0 aromatic heterocycles. The van der Waals surface area contributed by atoms with E-state index >= 15 is 0 Å². The highest BCUT2D eigenvalue weighted by Gasteiger charge is 2.18. The first-order chi connectivity index (χ1) is 5.79. The van der Waals surface area contributed by atoms with Crippen molar-refractivity contribution in [2.75, 3.05) is 0 Å². The maximum Gasteiger partial charge on any atom is 0.0799 e. The van der Waals surface area contributed by atoms with E-state index in [0.29, 0.717) is 0 Å². The SMILES string of the molecule is C=C1CC[C@H](O)c2ccccc21. The van der Waals surface area contributed by atoms with Gasteiger partial charge in [0.05, 0.1) is 6.10 Å². The number of hydrogen-bond donors (Lipinski definition) is 1. The van der Waals surface area contributed by atoms with Crippen LogP contribution in [0.5, 0.6) is 0 Å². The lowest BCUT2D eigenvalue weighted by atomic mass is 9.86. The number of benzene rings is 1. The molecule has 1 heteroatoms. The van der Waals surface area contributed by atoms with E-state index < -0.39 is 0 Å². The first-order valence-electron chi connectivity index (χ1n) is 4.24. The monoisotopic (exact) mass is 160 g/mol. The molecule has 0 aliphatic heterocycles. The maximum atomic E-state index is 9.64. The van der Waals surface area contributed by atoms with Gasteiger partial charge in [0, 0.05) is 0 Å². The van der Waals surface area contributed by atoms with Crippen molar-refractivity contribution >= 4 is 5.57 Å². The molecule has 1 aromatic carbocycles. The highest BCUT2D eigenvalue weighted by Crippen LogP contribution is 2.35. The minimum atomic E-state index is -0.285. The summed E-state index contributed by atoms with van der Waals surface area (Å²) in [7, 11) is 0. The van der Waals surface area contributed by atoms with Crippen LogP contribution in [0.4, 0.5) is 0 Å². The minimum Gasteiger partial charge on any atom is -0.388 e. The Balaban J connectivity index is 2.55. The number of aliphatic hydroxyl groups excluding tert-OH is 1. The van der Waals surface area contributed by atoms with Crippen LogP contribution in [0, 0.1) is 0 Å². The largest absolute Gasteiger partial charge is 0.388 e. The summed E-state index contributed by atoms with van der Waals surface area (Å²) in [6.45, 7) is 3.98. The summed E-state index contributed by atoms with van der Waals surface area (Å²) in [4.78, 5) is 0. The van der Waals surface area contributed by atoms with Gasteiger partial charge < -0.3 is 5.11 Å². The first kappa shape index (κ1) is 7.56. The number of aliphatic hydroxyl groups is 1. The second kappa shape index (κ2) is 2.76. The van der Waals surface area contributed by atoms with Crippen LogP contribution in [0.1, 0.15) is 30.1 Å². The lowest BCUT2D eigenvalue weighted by Gasteiger charge is -2.22. The Bertz CT molecular complexity index is 315. The Labute approximate surface area is 72.4 Å². The van der Waals surface area contributed by atoms with Gasteiger partial charge in [0.2, 0.25) is 0 Å². The van der Waals surface area contributed by atoms with E-state index in [1.54, 1.807) is 0 Å². The third kappa shape index (κ3) is 1.07. The van der Waals surface area contributed by atoms with Gasteiger partial charge in [-0.25, -0.2) is 0 Å². The smallest absolute Gasteiger partial charge is 0.0799 e. The quantitative estimate of drug-likeness (QED) is 0.618. The average Bonchev–Trinajstić information content (AvgIpc) is 2.12. The molecular formula is C11H12O. The Morgan fingerprint density at radius 2 is 2.08 bits per heavy atom. The molecule has 0 saturated heterocycles. The second-order valence-electron chi connectivity index (χ2n) is 3.25. The molecule has 0 bridgehead atoms. The van der Waals surface area contributed by atoms with E-state index in [-0.39, 0.29) is 6.10 Å². The first-order valence-corrected chi connectivity index (χ1v) is 4.24. The van der Waals surface area contributed by atoms with Crippen LogP contribution in [0.3, 0.4) is 0 Å². The molecular weight excluding hydrogens is 148 g/mol. The molecule has 12 heavy (non-hydrogen) atoms. The summed E-state index contributed by atoms with van der Waals surface area (Å²) in [6.07, 6.45) is 1.44. The average molecular weight is 160 g/mol. The Hall–Kier alpha value is -1.08. The highest BCUT2D eigenvalue weighted by molar-refractivity contribution is 5.68. The Morgan fingerprint density at radius 3 is 2.83 bits per heavy atom. The van der Waals surface area contributed by atoms with Gasteiger partial charge in [-0.15, -0.1) is 0 Å². The molecule has 1 N–H and O–H groups in total. The molecule has 0 fully saturated rings. The zero-order valence-corrected chi connectivity index (χ0v) is 6.96. The van der Waals surface area contributed by atoms with E-state index in [1.807, 2.05) is 24.3 Å². The van der Waals surface area contributed by atoms with Crippen LogP contribution in [0.15, 0.2) is 30.8 Å². The fraction of sp³-hybridized carbons (Fsp3) is 0.273. The van der Waals surface area contributed by atoms with Crippen molar-refractivity contribution < 1.29 is 5.11 Å². The van der Waals surface area contributed by atoms with Gasteiger partial charge in [0.1, 0.15) is 0 Å². The standard InChI is InChI=1S/C11H12O/c1-8-6-7-11(12)10-5-3-2-4-9(8)10/h2-5,11-12H,1,6-7H2/t11-/m0/s1. The molecule has 0 saturated carbocycles. The molecule has 1 atom stereocenters. The topological polar surface area (TPSA) is 20.2 Å². The van der Waals surface area contributed by atoms with Crippen LogP contribution in [0.2, 0.25) is 0 Å². The predicted molar refractivity (Wildman–Crippen MR) is 49.7 cm³/mol. The zero-order chi connectivity index (χ0) is 8.55. The molecule has 1 aromatic rings. The van der Waals surface area contributed by atoms with Crippen molar-refractivity contribution in [2.45, 2.75) is 18.9 Å². The summed E-state index contributed by atoms with van der Waals surface area (Å²) in [5, 5.41) is 9.64. The fourth-order valence-electron chi connectivity index (χ4n) is 1.71. The van der Waals surface area contributed by atoms with Gasteiger partial charge in [-0.1, -0.05) is 30.8 Å². The van der Waals surface area contributed by atoms with Gasteiger partial charge >= 0.3 is 0 Å². The molecule has 2 rings (SSSR count). The van der Waals surface area contributed by atoms with Gasteiger partial charge in [-0.2, -0.15) is 0 Å². The summed E-state index contributed by atoms with van der Waals surface area (Å²) in [5.41, 5.74) is 3.32. The molecule has 62 valence electrons. The van der Waals surface area contributed by atoms with Crippen LogP contribution in [0.25, 0.3) is 5.57 Å². The molecule has 0 spiro atoms. The van der Waals surface area contributed by atoms with Crippen LogP contribution >= 0.6 is 0 Å². The van der Waals surface area contributed by atoms with Gasteiger partial charge in [-0.05, 0) is 29.5 Å². The highest BCUT2D eigenvalue weighted by atomic mass is 16.3. The third-order valence-corrected chi connectivity index (χ3v) is 2.42. The van der Waals surface area contributed by atoms with Crippen molar-refractivity contribution in [1.82, 2.24) is 0 Å².